The number of benzene rings is 2. The minimum Gasteiger partial charge on any atom is -0.497 e. The molecule has 0 spiro atoms. The number of hydrogen-bond donors (Lipinski definition) is 0. The molecular formula is C23H19N3O2S. The van der Waals surface area contributed by atoms with E-state index in [-0.39, 0.29) is 5.91 Å². The molecular weight excluding hydrogens is 382 g/mol. The minimum atomic E-state index is -0.101. The van der Waals surface area contributed by atoms with Gasteiger partial charge in [0, 0.05) is 6.20 Å². The lowest BCUT2D eigenvalue weighted by atomic mass is 10.1. The molecule has 0 unspecified atom stereocenters. The number of methoxy groups -OCH3 is 1. The predicted octanol–water partition coefficient (Wildman–Crippen LogP) is 5.29. The Kier molecular flexibility index (Phi) is 5.44. The first-order chi connectivity index (χ1) is 14.2. The normalized spacial score (nSPS) is 17.0. The highest BCUT2D eigenvalue weighted by molar-refractivity contribution is 8.19. The van der Waals surface area contributed by atoms with Crippen LogP contribution in [-0.4, -0.2) is 23.2 Å². The molecule has 0 saturated carbocycles. The van der Waals surface area contributed by atoms with Crippen molar-refractivity contribution in [2.75, 3.05) is 12.0 Å². The summed E-state index contributed by atoms with van der Waals surface area (Å²) in [6.07, 6.45) is 1.69. The largest absolute Gasteiger partial charge is 0.497 e. The second kappa shape index (κ2) is 8.32. The fraction of sp³-hybridized carbons (Fsp3) is 0.0870. The Labute approximate surface area is 173 Å². The van der Waals surface area contributed by atoms with Gasteiger partial charge >= 0.3 is 0 Å². The van der Waals surface area contributed by atoms with E-state index in [9.17, 15) is 4.79 Å². The van der Waals surface area contributed by atoms with Crippen molar-refractivity contribution < 1.29 is 9.53 Å². The summed E-state index contributed by atoms with van der Waals surface area (Å²) < 4.78 is 5.33. The van der Waals surface area contributed by atoms with Crippen LogP contribution < -0.4 is 9.64 Å². The molecule has 29 heavy (non-hydrogen) atoms. The average molecular weight is 401 g/mol. The Hall–Kier alpha value is -3.38. The van der Waals surface area contributed by atoms with Crippen molar-refractivity contribution in [3.63, 3.8) is 0 Å². The number of aliphatic imine (C=N–C) groups is 1. The number of rotatable bonds is 4. The smallest absolute Gasteiger partial charge is 0.271 e. The Morgan fingerprint density at radius 3 is 2.55 bits per heavy atom. The highest BCUT2D eigenvalue weighted by Crippen LogP contribution is 2.40. The Morgan fingerprint density at radius 2 is 1.83 bits per heavy atom. The van der Waals surface area contributed by atoms with E-state index in [1.165, 1.54) is 11.8 Å². The van der Waals surface area contributed by atoms with Gasteiger partial charge in [-0.3, -0.25) is 9.69 Å². The van der Waals surface area contributed by atoms with Gasteiger partial charge in [0.1, 0.15) is 5.75 Å². The van der Waals surface area contributed by atoms with Crippen LogP contribution >= 0.6 is 11.8 Å². The first-order valence-electron chi connectivity index (χ1n) is 9.10. The maximum Gasteiger partial charge on any atom is 0.271 e. The van der Waals surface area contributed by atoms with Crippen LogP contribution in [0.2, 0.25) is 0 Å². The number of para-hydroxylation sites is 1. The van der Waals surface area contributed by atoms with Gasteiger partial charge in [-0.05, 0) is 66.2 Å². The Bertz CT molecular complexity index is 1100. The number of carbonyl (C=O) groups is 1. The molecule has 0 N–H and O–H groups in total. The molecule has 1 fully saturated rings. The fourth-order valence-electron chi connectivity index (χ4n) is 2.99. The van der Waals surface area contributed by atoms with Crippen LogP contribution in [0.15, 0.2) is 88.9 Å². The number of nitrogens with zero attached hydrogens (tertiary/aromatic N) is 3. The average Bonchev–Trinajstić information content (AvgIpc) is 3.10. The fourth-order valence-corrected chi connectivity index (χ4v) is 4.04. The zero-order chi connectivity index (χ0) is 20.2. The number of pyridine rings is 1. The molecule has 0 atom stereocenters. The molecule has 4 rings (SSSR count). The van der Waals surface area contributed by atoms with E-state index in [4.69, 9.17) is 4.74 Å². The lowest BCUT2D eigenvalue weighted by Gasteiger charge is -2.15. The maximum atomic E-state index is 13.4. The predicted molar refractivity (Wildman–Crippen MR) is 118 cm³/mol. The van der Waals surface area contributed by atoms with Crippen molar-refractivity contribution in [1.82, 2.24) is 4.98 Å². The lowest BCUT2D eigenvalue weighted by molar-refractivity contribution is -0.113. The first kappa shape index (κ1) is 19.0. The van der Waals surface area contributed by atoms with Gasteiger partial charge in [0.15, 0.2) is 11.0 Å². The van der Waals surface area contributed by atoms with Gasteiger partial charge in [-0.15, -0.1) is 0 Å². The quantitative estimate of drug-likeness (QED) is 0.558. The minimum absolute atomic E-state index is 0.101. The summed E-state index contributed by atoms with van der Waals surface area (Å²) in [7, 11) is 1.63. The monoisotopic (exact) mass is 401 g/mol. The molecule has 0 radical (unpaired) electrons. The molecule has 2 heterocycles. The number of amides is 1. The molecule has 6 heteroatoms. The van der Waals surface area contributed by atoms with E-state index in [2.05, 4.69) is 9.98 Å². The number of carbonyl (C=O) groups excluding carboxylic acids is 1. The van der Waals surface area contributed by atoms with Crippen molar-refractivity contribution >= 4 is 39.9 Å². The number of allylic oxidation sites excluding steroid dienone is 1. The number of hydrogen-bond acceptors (Lipinski definition) is 5. The highest BCUT2D eigenvalue weighted by Gasteiger charge is 2.36. The number of aromatic nitrogens is 1. The summed E-state index contributed by atoms with van der Waals surface area (Å²) in [4.78, 5) is 24.6. The van der Waals surface area contributed by atoms with Crippen LogP contribution in [0.5, 0.6) is 5.75 Å². The lowest BCUT2D eigenvalue weighted by Crippen LogP contribution is -2.28. The molecule has 1 saturated heterocycles. The standard InChI is InChI=1S/C23H19N3O2S/c1-16(17-9-8-12-19(15-17)28-2)21-22(27)26(18-10-4-3-5-11-18)23(29-21)25-20-13-6-7-14-24-20/h3-15H,1-2H3/b21-16-,25-23+. The summed E-state index contributed by atoms with van der Waals surface area (Å²) in [6, 6.07) is 22.8. The van der Waals surface area contributed by atoms with E-state index < -0.39 is 0 Å². The molecule has 0 bridgehead atoms. The summed E-state index contributed by atoms with van der Waals surface area (Å²) in [5, 5.41) is 0.581. The molecule has 5 nitrogen and oxygen atoms in total. The van der Waals surface area contributed by atoms with Gasteiger partial charge in [-0.2, -0.15) is 0 Å². The Morgan fingerprint density at radius 1 is 1.03 bits per heavy atom. The van der Waals surface area contributed by atoms with Crippen molar-refractivity contribution in [3.05, 3.63) is 89.5 Å². The second-order valence-electron chi connectivity index (χ2n) is 6.35. The molecule has 3 aromatic rings. The summed E-state index contributed by atoms with van der Waals surface area (Å²) in [5.41, 5.74) is 2.59. The molecule has 2 aromatic carbocycles. The van der Waals surface area contributed by atoms with E-state index >= 15 is 0 Å². The topological polar surface area (TPSA) is 54.8 Å². The van der Waals surface area contributed by atoms with Crippen LogP contribution in [0.4, 0.5) is 11.5 Å². The van der Waals surface area contributed by atoms with Crippen LogP contribution in [0.25, 0.3) is 5.57 Å². The van der Waals surface area contributed by atoms with Gasteiger partial charge in [0.05, 0.1) is 17.7 Å². The molecule has 1 aliphatic heterocycles. The first-order valence-corrected chi connectivity index (χ1v) is 9.91. The third-order valence-electron chi connectivity index (χ3n) is 4.50. The Balaban J connectivity index is 1.81. The summed E-state index contributed by atoms with van der Waals surface area (Å²) >= 11 is 1.36. The number of anilines is 1. The van der Waals surface area contributed by atoms with Crippen molar-refractivity contribution in [2.24, 2.45) is 4.99 Å². The van der Waals surface area contributed by atoms with Crippen LogP contribution in [0, 0.1) is 0 Å². The van der Waals surface area contributed by atoms with Gasteiger partial charge in [-0.1, -0.05) is 36.4 Å². The van der Waals surface area contributed by atoms with Crippen LogP contribution in [-0.2, 0) is 4.79 Å². The van der Waals surface area contributed by atoms with Gasteiger partial charge in [-0.25, -0.2) is 9.98 Å². The van der Waals surface area contributed by atoms with E-state index in [1.807, 2.05) is 79.7 Å². The number of thioether (sulfide) groups is 1. The third kappa shape index (κ3) is 3.93. The summed E-state index contributed by atoms with van der Waals surface area (Å²) in [5.74, 6) is 1.21. The van der Waals surface area contributed by atoms with E-state index in [0.717, 1.165) is 22.6 Å². The number of ether oxygens (including phenoxy) is 1. The van der Waals surface area contributed by atoms with Gasteiger partial charge in [0.2, 0.25) is 0 Å². The zero-order valence-corrected chi connectivity index (χ0v) is 16.9. The second-order valence-corrected chi connectivity index (χ2v) is 7.32. The SMILES string of the molecule is COc1cccc(/C(C)=C2\S/C(=N/c3ccccn3)N(c3ccccc3)C2=O)c1. The van der Waals surface area contributed by atoms with Crippen molar-refractivity contribution in [1.29, 1.82) is 0 Å². The van der Waals surface area contributed by atoms with Crippen LogP contribution in [0.3, 0.4) is 0 Å². The van der Waals surface area contributed by atoms with Crippen LogP contribution in [0.1, 0.15) is 12.5 Å². The van der Waals surface area contributed by atoms with E-state index in [0.29, 0.717) is 15.9 Å². The molecule has 1 aliphatic rings. The highest BCUT2D eigenvalue weighted by atomic mass is 32.2. The third-order valence-corrected chi connectivity index (χ3v) is 5.64. The summed E-state index contributed by atoms with van der Waals surface area (Å²) in [6.45, 7) is 1.95. The molecule has 144 valence electrons. The maximum absolute atomic E-state index is 13.4. The van der Waals surface area contributed by atoms with E-state index in [1.54, 1.807) is 18.2 Å². The van der Waals surface area contributed by atoms with Crippen molar-refractivity contribution in [2.45, 2.75) is 6.92 Å². The molecule has 1 amide bonds. The zero-order valence-electron chi connectivity index (χ0n) is 16.1. The van der Waals surface area contributed by atoms with Crippen molar-refractivity contribution in [3.8, 4) is 5.75 Å². The van der Waals surface area contributed by atoms with Gasteiger partial charge < -0.3 is 4.74 Å². The van der Waals surface area contributed by atoms with Gasteiger partial charge in [0.25, 0.3) is 5.91 Å². The number of amidine groups is 1. The molecule has 0 aliphatic carbocycles. The molecule has 1 aromatic heterocycles.